The number of morpholine rings is 1. The van der Waals surface area contributed by atoms with Crippen molar-refractivity contribution in [3.05, 3.63) is 40.8 Å². The van der Waals surface area contributed by atoms with Gasteiger partial charge in [-0.1, -0.05) is 25.4 Å². The van der Waals surface area contributed by atoms with E-state index in [1.54, 1.807) is 6.07 Å². The van der Waals surface area contributed by atoms with Crippen molar-refractivity contribution < 1.29 is 14.3 Å². The number of urea groups is 1. The zero-order chi connectivity index (χ0) is 25.2. The van der Waals surface area contributed by atoms with Crippen molar-refractivity contribution in [1.82, 2.24) is 20.2 Å². The minimum absolute atomic E-state index is 0. The zero-order valence-electron chi connectivity index (χ0n) is 20.7. The Labute approximate surface area is 223 Å². The van der Waals surface area contributed by atoms with Gasteiger partial charge < -0.3 is 20.1 Å². The summed E-state index contributed by atoms with van der Waals surface area (Å²) in [6.45, 7) is 9.72. The van der Waals surface area contributed by atoms with Gasteiger partial charge >= 0.3 is 6.03 Å². The summed E-state index contributed by atoms with van der Waals surface area (Å²) in [6, 6.07) is 5.22. The van der Waals surface area contributed by atoms with Crippen LogP contribution < -0.4 is 20.7 Å². The number of nitrogens with zero attached hydrogens (tertiary/aromatic N) is 4. The Balaban J connectivity index is 0.00000456. The number of nitriles is 1. The van der Waals surface area contributed by atoms with Crippen LogP contribution in [-0.4, -0.2) is 73.4 Å². The Bertz CT molecular complexity index is 1030. The number of benzene rings is 1. The maximum atomic E-state index is 12.4. The van der Waals surface area contributed by atoms with Gasteiger partial charge in [0, 0.05) is 30.7 Å². The number of ether oxygens (including phenoxy) is 2. The molecule has 0 unspecified atom stereocenters. The van der Waals surface area contributed by atoms with Crippen LogP contribution in [0.4, 0.5) is 16.3 Å². The van der Waals surface area contributed by atoms with Crippen molar-refractivity contribution in [3.8, 4) is 11.8 Å². The number of hydrogen-bond acceptors (Lipinski definition) is 8. The Morgan fingerprint density at radius 1 is 1.25 bits per heavy atom. The Hall–Kier alpha value is -2.68. The van der Waals surface area contributed by atoms with Gasteiger partial charge in [0.15, 0.2) is 11.5 Å². The van der Waals surface area contributed by atoms with Crippen LogP contribution in [0, 0.1) is 17.2 Å². The number of hydrogen-bond donors (Lipinski definition) is 3. The molecule has 1 saturated heterocycles. The molecule has 12 heteroatoms. The van der Waals surface area contributed by atoms with Crippen molar-refractivity contribution in [1.29, 1.82) is 5.26 Å². The van der Waals surface area contributed by atoms with Crippen LogP contribution >= 0.6 is 24.0 Å². The first-order valence-corrected chi connectivity index (χ1v) is 12.0. The maximum Gasteiger partial charge on any atom is 0.325 e. The molecule has 1 aliphatic rings. The topological polar surface area (TPSA) is 124 Å². The van der Waals surface area contributed by atoms with Gasteiger partial charge in [-0.05, 0) is 36.6 Å². The SMILES string of the molecule is COc1cc(CCN[C@@H](CN2CCOCC2)C(C)C)c(Cl)cc1NC(=O)Nc1cnc(C#N)cn1.Cl. The Morgan fingerprint density at radius 3 is 2.61 bits per heavy atom. The molecule has 3 N–H and O–H groups in total. The summed E-state index contributed by atoms with van der Waals surface area (Å²) in [5.74, 6) is 1.21. The lowest BCUT2D eigenvalue weighted by Gasteiger charge is -2.32. The molecular formula is C24H33Cl2N7O3. The number of anilines is 2. The van der Waals surface area contributed by atoms with Crippen LogP contribution in [0.2, 0.25) is 5.02 Å². The van der Waals surface area contributed by atoms with Crippen molar-refractivity contribution in [3.63, 3.8) is 0 Å². The number of rotatable bonds is 10. The molecular weight excluding hydrogens is 505 g/mol. The molecule has 0 saturated carbocycles. The summed E-state index contributed by atoms with van der Waals surface area (Å²) < 4.78 is 10.9. The standard InChI is InChI=1S/C24H32ClN7O3.ClH/c1-16(2)21(15-32-6-8-35-9-7-32)27-5-4-17-10-22(34-3)20(11-19(17)25)30-24(33)31-23-14-28-18(12-26)13-29-23;/h10-11,13-14,16,21,27H,4-9,15H2,1-3H3,(H2,29,30,31,33);1H/t21-;/m0./s1. The van der Waals surface area contributed by atoms with E-state index in [9.17, 15) is 4.79 Å². The predicted octanol–water partition coefficient (Wildman–Crippen LogP) is 3.56. The summed E-state index contributed by atoms with van der Waals surface area (Å²) >= 11 is 6.54. The Morgan fingerprint density at radius 2 is 2.00 bits per heavy atom. The molecule has 2 amide bonds. The summed E-state index contributed by atoms with van der Waals surface area (Å²) in [4.78, 5) is 22.7. The van der Waals surface area contributed by atoms with Gasteiger partial charge in [-0.15, -0.1) is 12.4 Å². The van der Waals surface area contributed by atoms with E-state index in [4.69, 9.17) is 26.3 Å². The van der Waals surface area contributed by atoms with E-state index in [2.05, 4.69) is 44.7 Å². The van der Waals surface area contributed by atoms with Crippen LogP contribution in [0.15, 0.2) is 24.5 Å². The molecule has 0 aliphatic carbocycles. The van der Waals surface area contributed by atoms with Crippen molar-refractivity contribution in [2.24, 2.45) is 5.92 Å². The summed E-state index contributed by atoms with van der Waals surface area (Å²) in [7, 11) is 1.54. The lowest BCUT2D eigenvalue weighted by atomic mass is 10.0. The minimum Gasteiger partial charge on any atom is -0.495 e. The molecule has 0 bridgehead atoms. The van der Waals surface area contributed by atoms with Gasteiger partial charge in [0.1, 0.15) is 11.8 Å². The van der Waals surface area contributed by atoms with Crippen LogP contribution in [0.25, 0.3) is 0 Å². The highest BCUT2D eigenvalue weighted by atomic mass is 35.5. The van der Waals surface area contributed by atoms with Crippen molar-refractivity contribution in [2.45, 2.75) is 26.3 Å². The lowest BCUT2D eigenvalue weighted by molar-refractivity contribution is 0.0310. The highest BCUT2D eigenvalue weighted by molar-refractivity contribution is 6.31. The number of nitrogens with one attached hydrogen (secondary N) is 3. The van der Waals surface area contributed by atoms with E-state index in [0.717, 1.165) is 51.4 Å². The number of halogens is 2. The number of methoxy groups -OCH3 is 1. The molecule has 1 aromatic carbocycles. The number of carbonyl (C=O) groups is 1. The normalized spacial score (nSPS) is 14.4. The molecule has 1 aromatic heterocycles. The smallest absolute Gasteiger partial charge is 0.325 e. The molecule has 1 aliphatic heterocycles. The first kappa shape index (κ1) is 29.5. The van der Waals surface area contributed by atoms with E-state index in [1.807, 2.05) is 12.1 Å². The second kappa shape index (κ2) is 14.8. The van der Waals surface area contributed by atoms with Gasteiger partial charge in [0.05, 0.1) is 38.4 Å². The van der Waals surface area contributed by atoms with Crippen LogP contribution in [-0.2, 0) is 11.2 Å². The second-order valence-electron chi connectivity index (χ2n) is 8.59. The van der Waals surface area contributed by atoms with Gasteiger partial charge in [-0.25, -0.2) is 14.8 Å². The van der Waals surface area contributed by atoms with E-state index < -0.39 is 6.03 Å². The van der Waals surface area contributed by atoms with E-state index in [-0.39, 0.29) is 23.9 Å². The number of carbonyl (C=O) groups excluding carboxylic acids is 1. The van der Waals surface area contributed by atoms with E-state index in [1.165, 1.54) is 19.5 Å². The quantitative estimate of drug-likeness (QED) is 0.420. The third-order valence-electron chi connectivity index (χ3n) is 5.79. The van der Waals surface area contributed by atoms with E-state index in [0.29, 0.717) is 28.4 Å². The fraction of sp³-hybridized carbons (Fsp3) is 0.500. The van der Waals surface area contributed by atoms with Gasteiger partial charge in [-0.2, -0.15) is 5.26 Å². The first-order chi connectivity index (χ1) is 16.9. The fourth-order valence-corrected chi connectivity index (χ4v) is 4.00. The second-order valence-corrected chi connectivity index (χ2v) is 9.00. The third-order valence-corrected chi connectivity index (χ3v) is 6.14. The highest BCUT2D eigenvalue weighted by Crippen LogP contribution is 2.31. The van der Waals surface area contributed by atoms with Crippen LogP contribution in [0.3, 0.4) is 0 Å². The van der Waals surface area contributed by atoms with Crippen molar-refractivity contribution >= 4 is 41.5 Å². The van der Waals surface area contributed by atoms with Gasteiger partial charge in [0.25, 0.3) is 0 Å². The molecule has 196 valence electrons. The summed E-state index contributed by atoms with van der Waals surface area (Å²) in [5.41, 5.74) is 1.52. The summed E-state index contributed by atoms with van der Waals surface area (Å²) in [6.07, 6.45) is 3.30. The minimum atomic E-state index is -0.532. The molecule has 1 fully saturated rings. The lowest BCUT2D eigenvalue weighted by Crippen LogP contribution is -2.48. The van der Waals surface area contributed by atoms with E-state index >= 15 is 0 Å². The number of aromatic nitrogens is 2. The molecule has 0 radical (unpaired) electrons. The van der Waals surface area contributed by atoms with Gasteiger partial charge in [0.2, 0.25) is 0 Å². The number of amides is 2. The largest absolute Gasteiger partial charge is 0.495 e. The average molecular weight is 538 g/mol. The van der Waals surface area contributed by atoms with Crippen LogP contribution in [0.5, 0.6) is 5.75 Å². The molecule has 36 heavy (non-hydrogen) atoms. The summed E-state index contributed by atoms with van der Waals surface area (Å²) in [5, 5.41) is 18.3. The maximum absolute atomic E-state index is 12.4. The average Bonchev–Trinajstić information content (AvgIpc) is 2.85. The molecule has 10 nitrogen and oxygen atoms in total. The van der Waals surface area contributed by atoms with Crippen molar-refractivity contribution in [2.75, 3.05) is 57.1 Å². The first-order valence-electron chi connectivity index (χ1n) is 11.6. The molecule has 0 spiro atoms. The monoisotopic (exact) mass is 537 g/mol. The molecule has 1 atom stereocenters. The Kier molecular flexibility index (Phi) is 12.1. The molecule has 2 aromatic rings. The molecule has 2 heterocycles. The highest BCUT2D eigenvalue weighted by Gasteiger charge is 2.19. The van der Waals surface area contributed by atoms with Crippen LogP contribution in [0.1, 0.15) is 25.1 Å². The zero-order valence-corrected chi connectivity index (χ0v) is 22.3. The third kappa shape index (κ3) is 8.76. The fourth-order valence-electron chi connectivity index (χ4n) is 3.74. The molecule has 3 rings (SSSR count). The predicted molar refractivity (Wildman–Crippen MR) is 142 cm³/mol. The van der Waals surface area contributed by atoms with Gasteiger partial charge in [-0.3, -0.25) is 10.2 Å².